The molecule has 1 aromatic carbocycles. The van der Waals surface area contributed by atoms with Crippen LogP contribution in [0.5, 0.6) is 0 Å². The van der Waals surface area contributed by atoms with Crippen LogP contribution in [0.25, 0.3) is 0 Å². The molecule has 3 aliphatic rings. The van der Waals surface area contributed by atoms with Crippen molar-refractivity contribution in [3.05, 3.63) is 35.9 Å². The molecular formula is C21H28N4O3. The molecule has 0 unspecified atom stereocenters. The molecule has 150 valence electrons. The summed E-state index contributed by atoms with van der Waals surface area (Å²) >= 11 is 0. The van der Waals surface area contributed by atoms with Crippen molar-refractivity contribution in [1.82, 2.24) is 20.0 Å². The highest BCUT2D eigenvalue weighted by atomic mass is 16.2. The molecular weight excluding hydrogens is 356 g/mol. The Kier molecular flexibility index (Phi) is 5.10. The van der Waals surface area contributed by atoms with Gasteiger partial charge in [-0.15, -0.1) is 0 Å². The normalized spacial score (nSPS) is 28.7. The summed E-state index contributed by atoms with van der Waals surface area (Å²) in [4.78, 5) is 43.5. The minimum absolute atomic E-state index is 0.0326. The summed E-state index contributed by atoms with van der Waals surface area (Å²) in [5, 5.41) is 3.00. The number of nitrogens with zero attached hydrogens (tertiary/aromatic N) is 3. The van der Waals surface area contributed by atoms with Crippen molar-refractivity contribution in [2.24, 2.45) is 5.92 Å². The average Bonchev–Trinajstić information content (AvgIpc) is 2.96. The summed E-state index contributed by atoms with van der Waals surface area (Å²) in [5.41, 5.74) is -0.0151. The Balaban J connectivity index is 1.35. The Morgan fingerprint density at radius 3 is 2.50 bits per heavy atom. The van der Waals surface area contributed by atoms with E-state index in [-0.39, 0.29) is 23.8 Å². The molecule has 1 spiro atoms. The molecule has 2 heterocycles. The van der Waals surface area contributed by atoms with Gasteiger partial charge < -0.3 is 10.2 Å². The zero-order valence-electron chi connectivity index (χ0n) is 16.4. The second-order valence-electron chi connectivity index (χ2n) is 8.20. The summed E-state index contributed by atoms with van der Waals surface area (Å²) in [6.07, 6.45) is 3.79. The Bertz CT molecular complexity index is 760. The highest BCUT2D eigenvalue weighted by molar-refractivity contribution is 6.07. The maximum atomic E-state index is 13.1. The maximum absolute atomic E-state index is 13.1. The van der Waals surface area contributed by atoms with E-state index in [4.69, 9.17) is 0 Å². The van der Waals surface area contributed by atoms with E-state index in [1.165, 1.54) is 4.90 Å². The van der Waals surface area contributed by atoms with Gasteiger partial charge in [0.25, 0.3) is 11.8 Å². The lowest BCUT2D eigenvalue weighted by Gasteiger charge is -2.38. The van der Waals surface area contributed by atoms with Gasteiger partial charge in [-0.05, 0) is 30.9 Å². The third-order valence-electron chi connectivity index (χ3n) is 6.52. The van der Waals surface area contributed by atoms with Crippen LogP contribution in [0.2, 0.25) is 0 Å². The SMILES string of the molecule is C[C@H]1CCCC[C@]12NC(=O)N(CN1CCN(C(=O)c3ccccc3)CC1)C2=O. The van der Waals surface area contributed by atoms with E-state index < -0.39 is 5.54 Å². The average molecular weight is 384 g/mol. The molecule has 7 heteroatoms. The molecule has 0 aromatic heterocycles. The van der Waals surface area contributed by atoms with Crippen molar-refractivity contribution >= 4 is 17.8 Å². The van der Waals surface area contributed by atoms with E-state index in [2.05, 4.69) is 17.1 Å². The number of hydrogen-bond acceptors (Lipinski definition) is 4. The molecule has 3 fully saturated rings. The van der Waals surface area contributed by atoms with Gasteiger partial charge in [-0.1, -0.05) is 38.0 Å². The number of urea groups is 1. The second kappa shape index (κ2) is 7.54. The topological polar surface area (TPSA) is 73.0 Å². The zero-order chi connectivity index (χ0) is 19.7. The second-order valence-corrected chi connectivity index (χ2v) is 8.20. The number of piperazine rings is 1. The van der Waals surface area contributed by atoms with Gasteiger partial charge in [0.1, 0.15) is 5.54 Å². The van der Waals surface area contributed by atoms with Crippen molar-refractivity contribution < 1.29 is 14.4 Å². The predicted molar refractivity (Wildman–Crippen MR) is 105 cm³/mol. The molecule has 4 rings (SSSR count). The van der Waals surface area contributed by atoms with Crippen LogP contribution < -0.4 is 5.32 Å². The van der Waals surface area contributed by atoms with Gasteiger partial charge in [0, 0.05) is 31.7 Å². The Labute approximate surface area is 165 Å². The molecule has 1 saturated carbocycles. The molecule has 2 saturated heterocycles. The number of hydrogen-bond donors (Lipinski definition) is 1. The van der Waals surface area contributed by atoms with Gasteiger partial charge in [0.2, 0.25) is 0 Å². The fourth-order valence-corrected chi connectivity index (χ4v) is 4.68. The highest BCUT2D eigenvalue weighted by Gasteiger charge is 2.55. The van der Waals surface area contributed by atoms with Crippen LogP contribution in [-0.2, 0) is 4.79 Å². The van der Waals surface area contributed by atoms with Gasteiger partial charge in [-0.25, -0.2) is 9.69 Å². The fraction of sp³-hybridized carbons (Fsp3) is 0.571. The predicted octanol–water partition coefficient (Wildman–Crippen LogP) is 1.90. The first-order chi connectivity index (χ1) is 13.5. The molecule has 1 aromatic rings. The van der Waals surface area contributed by atoms with Crippen LogP contribution in [0.15, 0.2) is 30.3 Å². The van der Waals surface area contributed by atoms with Crippen LogP contribution in [0.1, 0.15) is 43.0 Å². The highest BCUT2D eigenvalue weighted by Crippen LogP contribution is 2.38. The van der Waals surface area contributed by atoms with Crippen LogP contribution >= 0.6 is 0 Å². The zero-order valence-corrected chi connectivity index (χ0v) is 16.4. The molecule has 0 bridgehead atoms. The van der Waals surface area contributed by atoms with Crippen LogP contribution in [0.4, 0.5) is 4.79 Å². The minimum atomic E-state index is -0.708. The smallest absolute Gasteiger partial charge is 0.326 e. The molecule has 0 radical (unpaired) electrons. The Hall–Kier alpha value is -2.41. The first kappa shape index (κ1) is 18.9. The number of amides is 4. The molecule has 2 atom stereocenters. The van der Waals surface area contributed by atoms with Gasteiger partial charge in [0.05, 0.1) is 6.67 Å². The van der Waals surface area contributed by atoms with Crippen molar-refractivity contribution in [2.45, 2.75) is 38.1 Å². The first-order valence-electron chi connectivity index (χ1n) is 10.2. The van der Waals surface area contributed by atoms with Gasteiger partial charge in [-0.2, -0.15) is 0 Å². The number of nitrogens with one attached hydrogen (secondary N) is 1. The lowest BCUT2D eigenvalue weighted by Crippen LogP contribution is -2.55. The van der Waals surface area contributed by atoms with Crippen LogP contribution in [0, 0.1) is 5.92 Å². The van der Waals surface area contributed by atoms with E-state index in [1.54, 1.807) is 0 Å². The van der Waals surface area contributed by atoms with Crippen molar-refractivity contribution in [3.63, 3.8) is 0 Å². The maximum Gasteiger partial charge on any atom is 0.326 e. The van der Waals surface area contributed by atoms with E-state index in [0.717, 1.165) is 25.7 Å². The number of benzene rings is 1. The van der Waals surface area contributed by atoms with Gasteiger partial charge in [0.15, 0.2) is 0 Å². The molecule has 1 aliphatic carbocycles. The van der Waals surface area contributed by atoms with Crippen LogP contribution in [0.3, 0.4) is 0 Å². The van der Waals surface area contributed by atoms with Gasteiger partial charge in [-0.3, -0.25) is 14.5 Å². The molecule has 4 amide bonds. The lowest BCUT2D eigenvalue weighted by molar-refractivity contribution is -0.135. The van der Waals surface area contributed by atoms with Crippen molar-refractivity contribution in [2.75, 3.05) is 32.8 Å². The first-order valence-corrected chi connectivity index (χ1v) is 10.2. The third-order valence-corrected chi connectivity index (χ3v) is 6.52. The summed E-state index contributed by atoms with van der Waals surface area (Å²) in [6, 6.07) is 9.00. The van der Waals surface area contributed by atoms with Gasteiger partial charge >= 0.3 is 6.03 Å². The number of rotatable bonds is 3. The molecule has 28 heavy (non-hydrogen) atoms. The molecule has 1 N–H and O–H groups in total. The lowest BCUT2D eigenvalue weighted by atomic mass is 9.73. The Morgan fingerprint density at radius 1 is 1.11 bits per heavy atom. The standard InChI is InChI=1S/C21H28N4O3/c1-16-7-5-6-10-21(16)19(27)25(20(28)22-21)15-23-11-13-24(14-12-23)18(26)17-8-3-2-4-9-17/h2-4,8-9,16H,5-7,10-15H2,1H3,(H,22,28)/t16-,21-/m0/s1. The summed E-state index contributed by atoms with van der Waals surface area (Å²) < 4.78 is 0. The number of imide groups is 1. The summed E-state index contributed by atoms with van der Waals surface area (Å²) in [6.45, 7) is 4.86. The minimum Gasteiger partial charge on any atom is -0.336 e. The molecule has 2 aliphatic heterocycles. The summed E-state index contributed by atoms with van der Waals surface area (Å²) in [5.74, 6) is 0.126. The fourth-order valence-electron chi connectivity index (χ4n) is 4.68. The van der Waals surface area contributed by atoms with E-state index in [0.29, 0.717) is 38.4 Å². The third kappa shape index (κ3) is 3.28. The van der Waals surface area contributed by atoms with E-state index >= 15 is 0 Å². The van der Waals surface area contributed by atoms with E-state index in [1.807, 2.05) is 35.2 Å². The quantitative estimate of drug-likeness (QED) is 0.808. The van der Waals surface area contributed by atoms with Crippen molar-refractivity contribution in [3.8, 4) is 0 Å². The van der Waals surface area contributed by atoms with Crippen LogP contribution in [-0.4, -0.2) is 70.9 Å². The summed E-state index contributed by atoms with van der Waals surface area (Å²) in [7, 11) is 0. The largest absolute Gasteiger partial charge is 0.336 e. The van der Waals surface area contributed by atoms with E-state index in [9.17, 15) is 14.4 Å². The van der Waals surface area contributed by atoms with Crippen molar-refractivity contribution in [1.29, 1.82) is 0 Å². The monoisotopic (exact) mass is 384 g/mol. The molecule has 7 nitrogen and oxygen atoms in total. The Morgan fingerprint density at radius 2 is 1.82 bits per heavy atom. The number of carbonyl (C=O) groups excluding carboxylic acids is 3. The number of carbonyl (C=O) groups is 3.